The molecular weight excluding hydrogens is 396 g/mol. The van der Waals surface area contributed by atoms with E-state index in [2.05, 4.69) is 5.32 Å². The van der Waals surface area contributed by atoms with Crippen molar-refractivity contribution in [2.45, 2.75) is 51.0 Å². The van der Waals surface area contributed by atoms with Gasteiger partial charge in [-0.05, 0) is 43.5 Å². The predicted octanol–water partition coefficient (Wildman–Crippen LogP) is 2.56. The van der Waals surface area contributed by atoms with Gasteiger partial charge in [0.25, 0.3) is 11.8 Å². The lowest BCUT2D eigenvalue weighted by Crippen LogP contribution is -2.43. The zero-order chi connectivity index (χ0) is 22.2. The van der Waals surface area contributed by atoms with Gasteiger partial charge in [0, 0.05) is 23.8 Å². The standard InChI is InChI=1S/C24H28N2O5/c1-15-12-19(10-11-27)31-24(15)20-8-3-4-9-21(20)26(23(24)30)14-17-6-5-7-18(13-17)25-22(29)16(2)28/h3-9,13,15-16,19,27-28H,10-12,14H2,1-2H3,(H,25,29)/t15-,16-,19+,24+/m0/s1. The Morgan fingerprint density at radius 2 is 2.06 bits per heavy atom. The fraction of sp³-hybridized carbons (Fsp3) is 0.417. The molecule has 2 aromatic rings. The number of nitrogens with zero attached hydrogens (tertiary/aromatic N) is 1. The third-order valence-corrected chi connectivity index (χ3v) is 6.19. The summed E-state index contributed by atoms with van der Waals surface area (Å²) in [5.74, 6) is -0.596. The molecule has 1 fully saturated rings. The van der Waals surface area contributed by atoms with Crippen molar-refractivity contribution in [3.8, 4) is 0 Å². The number of ether oxygens (including phenoxy) is 1. The Balaban J connectivity index is 1.64. The molecule has 0 radical (unpaired) electrons. The molecule has 1 saturated heterocycles. The van der Waals surface area contributed by atoms with Crippen molar-refractivity contribution in [1.82, 2.24) is 0 Å². The van der Waals surface area contributed by atoms with Crippen LogP contribution in [0.1, 0.15) is 37.8 Å². The quantitative estimate of drug-likeness (QED) is 0.662. The number of hydrogen-bond donors (Lipinski definition) is 3. The van der Waals surface area contributed by atoms with Gasteiger partial charge in [0.05, 0.1) is 18.3 Å². The number of hydrogen-bond acceptors (Lipinski definition) is 5. The average Bonchev–Trinajstić information content (AvgIpc) is 3.19. The minimum absolute atomic E-state index is 0.0145. The molecule has 2 aliphatic heterocycles. The number of fused-ring (bicyclic) bond motifs is 2. The van der Waals surface area contributed by atoms with Crippen LogP contribution in [-0.2, 0) is 26.5 Å². The van der Waals surface area contributed by atoms with E-state index in [1.807, 2.05) is 37.3 Å². The molecule has 2 aliphatic rings. The first-order chi connectivity index (χ1) is 14.9. The molecule has 0 aromatic heterocycles. The van der Waals surface area contributed by atoms with Crippen LogP contribution in [0.3, 0.4) is 0 Å². The van der Waals surface area contributed by atoms with Crippen LogP contribution in [0.5, 0.6) is 0 Å². The number of aliphatic hydroxyl groups is 2. The fourth-order valence-electron chi connectivity index (χ4n) is 4.68. The maximum atomic E-state index is 13.7. The Bertz CT molecular complexity index is 991. The van der Waals surface area contributed by atoms with E-state index in [9.17, 15) is 19.8 Å². The lowest BCUT2D eigenvalue weighted by atomic mass is 9.83. The van der Waals surface area contributed by atoms with Gasteiger partial charge < -0.3 is 25.2 Å². The number of nitrogens with one attached hydrogen (secondary N) is 1. The van der Waals surface area contributed by atoms with Crippen LogP contribution in [-0.4, -0.2) is 40.8 Å². The van der Waals surface area contributed by atoms with E-state index in [0.29, 0.717) is 18.7 Å². The Morgan fingerprint density at radius 3 is 2.81 bits per heavy atom. The van der Waals surface area contributed by atoms with Crippen molar-refractivity contribution in [3.05, 3.63) is 59.7 Å². The first-order valence-electron chi connectivity index (χ1n) is 10.6. The Kier molecular flexibility index (Phi) is 5.83. The normalized spacial score (nSPS) is 25.7. The van der Waals surface area contributed by atoms with Gasteiger partial charge in [-0.2, -0.15) is 0 Å². The highest BCUT2D eigenvalue weighted by molar-refractivity contribution is 6.07. The lowest BCUT2D eigenvalue weighted by Gasteiger charge is -2.28. The number of carbonyl (C=O) groups excluding carboxylic acids is 2. The van der Waals surface area contributed by atoms with Crippen molar-refractivity contribution < 1.29 is 24.5 Å². The lowest BCUT2D eigenvalue weighted by molar-refractivity contribution is -0.146. The summed E-state index contributed by atoms with van der Waals surface area (Å²) in [5, 5.41) is 21.5. The third kappa shape index (κ3) is 3.73. The van der Waals surface area contributed by atoms with Crippen LogP contribution in [0.2, 0.25) is 0 Å². The summed E-state index contributed by atoms with van der Waals surface area (Å²) in [5.41, 5.74) is 2.07. The monoisotopic (exact) mass is 424 g/mol. The Morgan fingerprint density at radius 1 is 1.29 bits per heavy atom. The molecule has 164 valence electrons. The molecule has 0 aliphatic carbocycles. The van der Waals surface area contributed by atoms with E-state index in [0.717, 1.165) is 23.2 Å². The number of benzene rings is 2. The molecule has 4 atom stereocenters. The smallest absolute Gasteiger partial charge is 0.264 e. The summed E-state index contributed by atoms with van der Waals surface area (Å²) < 4.78 is 6.34. The molecule has 1 spiro atoms. The van der Waals surface area contributed by atoms with Crippen LogP contribution in [0.4, 0.5) is 11.4 Å². The molecule has 3 N–H and O–H groups in total. The van der Waals surface area contributed by atoms with Gasteiger partial charge in [-0.1, -0.05) is 37.3 Å². The van der Waals surface area contributed by atoms with Crippen LogP contribution in [0.15, 0.2) is 48.5 Å². The summed E-state index contributed by atoms with van der Waals surface area (Å²) in [7, 11) is 0. The van der Waals surface area contributed by atoms with Crippen molar-refractivity contribution in [3.63, 3.8) is 0 Å². The van der Waals surface area contributed by atoms with Gasteiger partial charge in [-0.15, -0.1) is 0 Å². The summed E-state index contributed by atoms with van der Waals surface area (Å²) in [6.07, 6.45) is -0.0404. The molecule has 7 nitrogen and oxygen atoms in total. The molecule has 2 amide bonds. The molecular formula is C24H28N2O5. The van der Waals surface area contributed by atoms with Gasteiger partial charge >= 0.3 is 0 Å². The molecule has 2 heterocycles. The average molecular weight is 424 g/mol. The van der Waals surface area contributed by atoms with Gasteiger partial charge in [0.1, 0.15) is 6.10 Å². The Hall–Kier alpha value is -2.74. The minimum Gasteiger partial charge on any atom is -0.396 e. The molecule has 2 aromatic carbocycles. The second-order valence-corrected chi connectivity index (χ2v) is 8.40. The van der Waals surface area contributed by atoms with E-state index >= 15 is 0 Å². The minimum atomic E-state index is -1.11. The first-order valence-corrected chi connectivity index (χ1v) is 10.6. The molecule has 0 unspecified atom stereocenters. The maximum Gasteiger partial charge on any atom is 0.264 e. The topological polar surface area (TPSA) is 99.1 Å². The second kappa shape index (κ2) is 8.42. The van der Waals surface area contributed by atoms with Crippen molar-refractivity contribution in [1.29, 1.82) is 0 Å². The van der Waals surface area contributed by atoms with Crippen molar-refractivity contribution in [2.24, 2.45) is 5.92 Å². The number of aliphatic hydroxyl groups excluding tert-OH is 2. The maximum absolute atomic E-state index is 13.7. The zero-order valence-electron chi connectivity index (χ0n) is 17.7. The predicted molar refractivity (Wildman–Crippen MR) is 116 cm³/mol. The molecule has 0 saturated carbocycles. The third-order valence-electron chi connectivity index (χ3n) is 6.19. The highest BCUT2D eigenvalue weighted by Gasteiger charge is 2.59. The summed E-state index contributed by atoms with van der Waals surface area (Å²) in [6.45, 7) is 3.79. The van der Waals surface area contributed by atoms with E-state index in [-0.39, 0.29) is 24.5 Å². The van der Waals surface area contributed by atoms with Crippen molar-refractivity contribution >= 4 is 23.2 Å². The molecule has 31 heavy (non-hydrogen) atoms. The summed E-state index contributed by atoms with van der Waals surface area (Å²) in [4.78, 5) is 27.3. The molecule has 0 bridgehead atoms. The highest BCUT2D eigenvalue weighted by Crippen LogP contribution is 2.53. The van der Waals surface area contributed by atoms with Crippen LogP contribution in [0.25, 0.3) is 0 Å². The van der Waals surface area contributed by atoms with Gasteiger partial charge in [-0.3, -0.25) is 9.59 Å². The van der Waals surface area contributed by atoms with E-state index in [4.69, 9.17) is 4.74 Å². The number of amides is 2. The number of rotatable bonds is 6. The van der Waals surface area contributed by atoms with Crippen molar-refractivity contribution in [2.75, 3.05) is 16.8 Å². The number of anilines is 2. The number of para-hydroxylation sites is 1. The second-order valence-electron chi connectivity index (χ2n) is 8.40. The fourth-order valence-corrected chi connectivity index (χ4v) is 4.68. The van der Waals surface area contributed by atoms with Crippen LogP contribution in [0, 0.1) is 5.92 Å². The van der Waals surface area contributed by atoms with E-state index < -0.39 is 17.6 Å². The summed E-state index contributed by atoms with van der Waals surface area (Å²) in [6, 6.07) is 14.9. The van der Waals surface area contributed by atoms with E-state index in [1.165, 1.54) is 6.92 Å². The SMILES string of the molecule is C[C@H](O)C(=O)Nc1cccc(CN2C(=O)[C@]3(O[C@H](CCO)C[C@@H]3C)c3ccccc32)c1. The largest absolute Gasteiger partial charge is 0.396 e. The van der Waals surface area contributed by atoms with Gasteiger partial charge in [-0.25, -0.2) is 0 Å². The number of carbonyl (C=O) groups is 2. The van der Waals surface area contributed by atoms with E-state index in [1.54, 1.807) is 23.1 Å². The van der Waals surface area contributed by atoms with Crippen LogP contribution >= 0.6 is 0 Å². The van der Waals surface area contributed by atoms with Gasteiger partial charge in [0.2, 0.25) is 0 Å². The zero-order valence-corrected chi connectivity index (χ0v) is 17.7. The first kappa shape index (κ1) is 21.5. The Labute approximate surface area is 181 Å². The summed E-state index contributed by atoms with van der Waals surface area (Å²) >= 11 is 0. The van der Waals surface area contributed by atoms with Crippen LogP contribution < -0.4 is 10.2 Å². The molecule has 7 heteroatoms. The molecule has 4 rings (SSSR count). The highest BCUT2D eigenvalue weighted by atomic mass is 16.5. The van der Waals surface area contributed by atoms with Gasteiger partial charge in [0.15, 0.2) is 5.60 Å².